The summed E-state index contributed by atoms with van der Waals surface area (Å²) in [7, 11) is 0. The third kappa shape index (κ3) is 3.70. The van der Waals surface area contributed by atoms with E-state index >= 15 is 0 Å². The fourth-order valence-corrected chi connectivity index (χ4v) is 0.881. The van der Waals surface area contributed by atoms with Gasteiger partial charge in [0.25, 0.3) is 6.04 Å². The van der Waals surface area contributed by atoms with E-state index in [2.05, 4.69) is 4.85 Å². The average molecular weight is 183 g/mol. The second-order valence-corrected chi connectivity index (χ2v) is 2.72. The zero-order valence-electron chi connectivity index (χ0n) is 8.03. The van der Waals surface area contributed by atoms with Crippen molar-refractivity contribution in [1.29, 1.82) is 0 Å². The lowest BCUT2D eigenvalue weighted by molar-refractivity contribution is -0.153. The largest absolute Gasteiger partial charge is 0.446 e. The van der Waals surface area contributed by atoms with Gasteiger partial charge in [0.1, 0.15) is 0 Å². The number of ketones is 1. The maximum Gasteiger partial charge on any atom is 0.303 e. The third-order valence-electron chi connectivity index (χ3n) is 1.60. The van der Waals surface area contributed by atoms with Crippen molar-refractivity contribution in [2.24, 2.45) is 0 Å². The molecule has 0 aliphatic heterocycles. The number of esters is 1. The minimum Gasteiger partial charge on any atom is -0.446 e. The maximum absolute atomic E-state index is 11.2. The van der Waals surface area contributed by atoms with Crippen LogP contribution in [0.4, 0.5) is 0 Å². The van der Waals surface area contributed by atoms with Gasteiger partial charge in [-0.15, -0.1) is 0 Å². The molecule has 0 saturated carbocycles. The standard InChI is InChI=1S/C9H13NO3/c1-5-8(12)9(6(2)10-4)13-7(3)11/h6,9H,5H2,1-3H3. The van der Waals surface area contributed by atoms with Gasteiger partial charge in [-0.3, -0.25) is 9.59 Å². The Kier molecular flexibility index (Phi) is 4.75. The van der Waals surface area contributed by atoms with E-state index in [4.69, 9.17) is 11.3 Å². The highest BCUT2D eigenvalue weighted by molar-refractivity contribution is 5.85. The quantitative estimate of drug-likeness (QED) is 0.486. The molecule has 72 valence electrons. The normalized spacial score (nSPS) is 14.0. The summed E-state index contributed by atoms with van der Waals surface area (Å²) >= 11 is 0. The first kappa shape index (κ1) is 11.6. The molecule has 0 aromatic carbocycles. The monoisotopic (exact) mass is 183 g/mol. The van der Waals surface area contributed by atoms with E-state index in [1.807, 2.05) is 0 Å². The first-order valence-electron chi connectivity index (χ1n) is 4.09. The fraction of sp³-hybridized carbons (Fsp3) is 0.667. The van der Waals surface area contributed by atoms with Crippen LogP contribution in [0.2, 0.25) is 0 Å². The molecule has 0 radical (unpaired) electrons. The van der Waals surface area contributed by atoms with Crippen LogP contribution < -0.4 is 0 Å². The highest BCUT2D eigenvalue weighted by Gasteiger charge is 2.30. The number of rotatable bonds is 4. The summed E-state index contributed by atoms with van der Waals surface area (Å²) in [5, 5.41) is 0. The lowest BCUT2D eigenvalue weighted by atomic mass is 10.1. The molecule has 0 aliphatic carbocycles. The minimum absolute atomic E-state index is 0.210. The van der Waals surface area contributed by atoms with Crippen molar-refractivity contribution >= 4 is 11.8 Å². The first-order valence-corrected chi connectivity index (χ1v) is 4.09. The molecule has 0 amide bonds. The molecule has 0 N–H and O–H groups in total. The van der Waals surface area contributed by atoms with Crippen LogP contribution in [-0.2, 0) is 14.3 Å². The minimum atomic E-state index is -0.903. The third-order valence-corrected chi connectivity index (χ3v) is 1.60. The summed E-state index contributed by atoms with van der Waals surface area (Å²) in [6, 6.07) is -0.601. The lowest BCUT2D eigenvalue weighted by Gasteiger charge is -2.13. The first-order chi connectivity index (χ1) is 6.02. The van der Waals surface area contributed by atoms with Crippen LogP contribution in [0.1, 0.15) is 27.2 Å². The number of carbonyl (C=O) groups is 2. The van der Waals surface area contributed by atoms with Gasteiger partial charge in [0.05, 0.1) is 0 Å². The molecular formula is C9H13NO3. The van der Waals surface area contributed by atoms with Crippen molar-refractivity contribution in [1.82, 2.24) is 0 Å². The molecule has 0 fully saturated rings. The molecule has 0 bridgehead atoms. The Hall–Kier alpha value is -1.37. The van der Waals surface area contributed by atoms with Gasteiger partial charge < -0.3 is 9.58 Å². The van der Waals surface area contributed by atoms with Crippen molar-refractivity contribution in [3.8, 4) is 0 Å². The van der Waals surface area contributed by atoms with Crippen LogP contribution in [-0.4, -0.2) is 23.9 Å². The molecule has 4 heteroatoms. The second-order valence-electron chi connectivity index (χ2n) is 2.72. The Bertz CT molecular complexity index is 242. The molecule has 0 aromatic rings. The summed E-state index contributed by atoms with van der Waals surface area (Å²) in [4.78, 5) is 25.0. The van der Waals surface area contributed by atoms with Crippen molar-refractivity contribution in [2.45, 2.75) is 39.3 Å². The number of hydrogen-bond acceptors (Lipinski definition) is 3. The van der Waals surface area contributed by atoms with Crippen LogP contribution in [0.15, 0.2) is 0 Å². The van der Waals surface area contributed by atoms with Gasteiger partial charge in [0.2, 0.25) is 6.10 Å². The Morgan fingerprint density at radius 3 is 2.38 bits per heavy atom. The van der Waals surface area contributed by atoms with Crippen molar-refractivity contribution in [3.05, 3.63) is 11.4 Å². The number of ether oxygens (including phenoxy) is 1. The molecule has 0 spiro atoms. The average Bonchev–Trinajstić information content (AvgIpc) is 2.11. The van der Waals surface area contributed by atoms with Gasteiger partial charge in [-0.2, -0.15) is 0 Å². The van der Waals surface area contributed by atoms with Gasteiger partial charge in [-0.1, -0.05) is 6.92 Å². The zero-order chi connectivity index (χ0) is 10.4. The van der Waals surface area contributed by atoms with Gasteiger partial charge in [-0.05, 0) is 0 Å². The molecule has 13 heavy (non-hydrogen) atoms. The molecule has 2 atom stereocenters. The van der Waals surface area contributed by atoms with E-state index in [0.29, 0.717) is 0 Å². The van der Waals surface area contributed by atoms with Crippen molar-refractivity contribution in [2.75, 3.05) is 0 Å². The summed E-state index contributed by atoms with van der Waals surface area (Å²) in [6.07, 6.45) is -0.627. The summed E-state index contributed by atoms with van der Waals surface area (Å²) in [6.45, 7) is 11.2. The topological polar surface area (TPSA) is 47.7 Å². The van der Waals surface area contributed by atoms with E-state index in [0.717, 1.165) is 0 Å². The Labute approximate surface area is 77.7 Å². The Morgan fingerprint density at radius 2 is 2.08 bits per heavy atom. The smallest absolute Gasteiger partial charge is 0.303 e. The molecule has 0 saturated heterocycles. The molecule has 0 aromatic heterocycles. The van der Waals surface area contributed by atoms with E-state index in [1.54, 1.807) is 13.8 Å². The Morgan fingerprint density at radius 1 is 1.54 bits per heavy atom. The zero-order valence-corrected chi connectivity index (χ0v) is 8.03. The van der Waals surface area contributed by atoms with Gasteiger partial charge in [-0.25, -0.2) is 6.57 Å². The van der Waals surface area contributed by atoms with Crippen LogP contribution in [0.5, 0.6) is 0 Å². The van der Waals surface area contributed by atoms with Crippen molar-refractivity contribution in [3.63, 3.8) is 0 Å². The van der Waals surface area contributed by atoms with E-state index in [9.17, 15) is 9.59 Å². The number of Topliss-reactive ketones (excluding diaryl/α,β-unsaturated/α-hetero) is 1. The van der Waals surface area contributed by atoms with E-state index in [-0.39, 0.29) is 12.2 Å². The predicted octanol–water partition coefficient (Wildman–Crippen LogP) is 1.20. The van der Waals surface area contributed by atoms with E-state index in [1.165, 1.54) is 6.92 Å². The van der Waals surface area contributed by atoms with Gasteiger partial charge in [0.15, 0.2) is 5.78 Å². The Balaban J connectivity index is 4.47. The second kappa shape index (κ2) is 5.31. The number of nitrogens with zero attached hydrogens (tertiary/aromatic N) is 1. The molecule has 0 heterocycles. The maximum atomic E-state index is 11.2. The van der Waals surface area contributed by atoms with Gasteiger partial charge >= 0.3 is 5.97 Å². The van der Waals surface area contributed by atoms with Crippen molar-refractivity contribution < 1.29 is 14.3 Å². The lowest BCUT2D eigenvalue weighted by Crippen LogP contribution is -2.34. The SMILES string of the molecule is [C-]#[N+]C(C)C(OC(C)=O)C(=O)CC. The summed E-state index contributed by atoms with van der Waals surface area (Å²) in [5.74, 6) is -0.735. The number of hydrogen-bond donors (Lipinski definition) is 0. The molecule has 0 aliphatic rings. The summed E-state index contributed by atoms with van der Waals surface area (Å²) < 4.78 is 4.75. The van der Waals surface area contributed by atoms with Gasteiger partial charge in [0, 0.05) is 20.3 Å². The molecule has 2 unspecified atom stereocenters. The highest BCUT2D eigenvalue weighted by atomic mass is 16.5. The summed E-state index contributed by atoms with van der Waals surface area (Å²) in [5.41, 5.74) is 0. The van der Waals surface area contributed by atoms with Crippen LogP contribution >= 0.6 is 0 Å². The molecule has 4 nitrogen and oxygen atoms in total. The van der Waals surface area contributed by atoms with Crippen LogP contribution in [0.3, 0.4) is 0 Å². The van der Waals surface area contributed by atoms with E-state index < -0.39 is 18.1 Å². The fourth-order valence-electron chi connectivity index (χ4n) is 0.881. The van der Waals surface area contributed by atoms with Crippen LogP contribution in [0, 0.1) is 6.57 Å². The predicted molar refractivity (Wildman–Crippen MR) is 46.9 cm³/mol. The molecular weight excluding hydrogens is 170 g/mol. The highest BCUT2D eigenvalue weighted by Crippen LogP contribution is 2.07. The number of carbonyl (C=O) groups excluding carboxylic acids is 2. The van der Waals surface area contributed by atoms with Crippen LogP contribution in [0.25, 0.3) is 4.85 Å². The molecule has 0 rings (SSSR count).